The number of nitriles is 1. The van der Waals surface area contributed by atoms with Crippen LogP contribution in [0.15, 0.2) is 6.07 Å². The van der Waals surface area contributed by atoms with Gasteiger partial charge in [-0.05, 0) is 13.0 Å². The van der Waals surface area contributed by atoms with Crippen molar-refractivity contribution in [1.82, 2.24) is 9.88 Å². The molecule has 7 heteroatoms. The molecule has 1 aromatic rings. The molecule has 0 saturated heterocycles. The Labute approximate surface area is 114 Å². The van der Waals surface area contributed by atoms with Crippen LogP contribution in [-0.4, -0.2) is 35.0 Å². The fourth-order valence-corrected chi connectivity index (χ4v) is 2.02. The number of halogens is 1. The largest absolute Gasteiger partial charge is 0.449 e. The lowest BCUT2D eigenvalue weighted by molar-refractivity contribution is 0.0656. The van der Waals surface area contributed by atoms with Gasteiger partial charge < -0.3 is 4.74 Å². The normalized spacial score (nSPS) is 13.7. The zero-order valence-electron chi connectivity index (χ0n) is 10.1. The molecule has 1 aromatic heterocycles. The highest BCUT2D eigenvalue weighted by molar-refractivity contribution is 6.30. The van der Waals surface area contributed by atoms with Crippen molar-refractivity contribution in [3.05, 3.63) is 28.0 Å². The van der Waals surface area contributed by atoms with E-state index in [1.54, 1.807) is 6.92 Å². The van der Waals surface area contributed by atoms with Gasteiger partial charge in [-0.25, -0.2) is 14.7 Å². The summed E-state index contributed by atoms with van der Waals surface area (Å²) in [5.41, 5.74) is 0.828. The molecule has 1 aliphatic heterocycles. The van der Waals surface area contributed by atoms with Crippen LogP contribution >= 0.6 is 11.6 Å². The van der Waals surface area contributed by atoms with Gasteiger partial charge in [0, 0.05) is 13.0 Å². The molecule has 1 aliphatic rings. The fourth-order valence-electron chi connectivity index (χ4n) is 1.82. The van der Waals surface area contributed by atoms with Crippen LogP contribution in [0.5, 0.6) is 0 Å². The summed E-state index contributed by atoms with van der Waals surface area (Å²) >= 11 is 5.81. The smallest absolute Gasteiger partial charge is 0.416 e. The van der Waals surface area contributed by atoms with Gasteiger partial charge >= 0.3 is 6.09 Å². The number of carbonyl (C=O) groups is 2. The topological polar surface area (TPSA) is 83.3 Å². The first-order chi connectivity index (χ1) is 9.08. The zero-order valence-corrected chi connectivity index (χ0v) is 10.9. The predicted molar refractivity (Wildman–Crippen MR) is 65.7 cm³/mol. The number of carbonyl (C=O) groups excluding carboxylic acids is 2. The molecular weight excluding hydrogens is 270 g/mol. The highest BCUT2D eigenvalue weighted by Crippen LogP contribution is 2.23. The van der Waals surface area contributed by atoms with E-state index in [4.69, 9.17) is 21.6 Å². The van der Waals surface area contributed by atoms with Crippen molar-refractivity contribution in [3.63, 3.8) is 0 Å². The van der Waals surface area contributed by atoms with Crippen LogP contribution in [0.3, 0.4) is 0 Å². The maximum Gasteiger partial charge on any atom is 0.416 e. The Bertz CT molecular complexity index is 595. The van der Waals surface area contributed by atoms with E-state index in [9.17, 15) is 9.59 Å². The number of rotatable bonds is 1. The number of nitrogens with zero attached hydrogens (tertiary/aromatic N) is 3. The van der Waals surface area contributed by atoms with E-state index in [1.165, 1.54) is 6.07 Å². The zero-order chi connectivity index (χ0) is 14.0. The van der Waals surface area contributed by atoms with Crippen molar-refractivity contribution in [2.75, 3.05) is 13.2 Å². The molecule has 6 nitrogen and oxygen atoms in total. The van der Waals surface area contributed by atoms with Gasteiger partial charge in [-0.1, -0.05) is 11.6 Å². The number of aromatic nitrogens is 1. The van der Waals surface area contributed by atoms with Crippen molar-refractivity contribution in [1.29, 1.82) is 5.26 Å². The molecule has 0 radical (unpaired) electrons. The molecule has 2 rings (SSSR count). The fraction of sp³-hybridized carbons (Fsp3) is 0.333. The van der Waals surface area contributed by atoms with Crippen molar-refractivity contribution >= 4 is 23.6 Å². The van der Waals surface area contributed by atoms with Gasteiger partial charge in [-0.3, -0.25) is 4.79 Å². The van der Waals surface area contributed by atoms with Crippen LogP contribution in [0.2, 0.25) is 5.15 Å². The van der Waals surface area contributed by atoms with E-state index in [1.807, 2.05) is 6.07 Å². The minimum Gasteiger partial charge on any atom is -0.449 e. The highest BCUT2D eigenvalue weighted by Gasteiger charge is 2.31. The molecule has 0 saturated carbocycles. The number of hydrogen-bond acceptors (Lipinski definition) is 5. The molecule has 19 heavy (non-hydrogen) atoms. The molecule has 0 aliphatic carbocycles. The number of hydrogen-bond donors (Lipinski definition) is 0. The van der Waals surface area contributed by atoms with Gasteiger partial charge in [0.25, 0.3) is 5.91 Å². The van der Waals surface area contributed by atoms with Gasteiger partial charge in [-0.2, -0.15) is 5.26 Å². The lowest BCUT2D eigenvalue weighted by atomic mass is 10.0. The van der Waals surface area contributed by atoms with Crippen molar-refractivity contribution in [2.24, 2.45) is 0 Å². The number of amides is 2. The maximum atomic E-state index is 12.1. The third-order valence-electron chi connectivity index (χ3n) is 2.71. The van der Waals surface area contributed by atoms with Gasteiger partial charge in [0.15, 0.2) is 0 Å². The van der Waals surface area contributed by atoms with Gasteiger partial charge in [0.1, 0.15) is 11.2 Å². The summed E-state index contributed by atoms with van der Waals surface area (Å²) in [5, 5.41) is 8.94. The summed E-state index contributed by atoms with van der Waals surface area (Å²) < 4.78 is 4.80. The molecule has 0 aromatic carbocycles. The molecule has 0 N–H and O–H groups in total. The first kappa shape index (κ1) is 13.3. The first-order valence-electron chi connectivity index (χ1n) is 5.66. The summed E-state index contributed by atoms with van der Waals surface area (Å²) in [6.07, 6.45) is -0.294. The Morgan fingerprint density at radius 2 is 2.42 bits per heavy atom. The molecule has 0 atom stereocenters. The van der Waals surface area contributed by atoms with Crippen molar-refractivity contribution in [3.8, 4) is 6.07 Å². The van der Waals surface area contributed by atoms with Gasteiger partial charge in [0.05, 0.1) is 23.4 Å². The molecule has 2 amide bonds. The first-order valence-corrected chi connectivity index (χ1v) is 6.04. The Morgan fingerprint density at radius 3 is 3.05 bits per heavy atom. The summed E-state index contributed by atoms with van der Waals surface area (Å²) in [6, 6.07) is 3.21. The monoisotopic (exact) mass is 279 g/mol. The highest BCUT2D eigenvalue weighted by atomic mass is 35.5. The van der Waals surface area contributed by atoms with E-state index < -0.39 is 12.0 Å². The summed E-state index contributed by atoms with van der Waals surface area (Å²) in [7, 11) is 0. The molecule has 0 unspecified atom stereocenters. The van der Waals surface area contributed by atoms with Crippen LogP contribution in [0.4, 0.5) is 4.79 Å². The van der Waals surface area contributed by atoms with Gasteiger partial charge in [0.2, 0.25) is 0 Å². The average Bonchev–Trinajstić information content (AvgIpc) is 2.38. The molecule has 2 heterocycles. The van der Waals surface area contributed by atoms with Crippen LogP contribution in [0, 0.1) is 11.3 Å². The van der Waals surface area contributed by atoms with E-state index >= 15 is 0 Å². The lowest BCUT2D eigenvalue weighted by Gasteiger charge is -2.25. The third-order valence-corrected chi connectivity index (χ3v) is 3.00. The number of fused-ring (bicyclic) bond motifs is 1. The Kier molecular flexibility index (Phi) is 3.67. The van der Waals surface area contributed by atoms with Crippen LogP contribution in [-0.2, 0) is 11.2 Å². The van der Waals surface area contributed by atoms with Crippen LogP contribution in [0.25, 0.3) is 0 Å². The summed E-state index contributed by atoms with van der Waals surface area (Å²) in [5.74, 6) is -0.514. The summed E-state index contributed by atoms with van der Waals surface area (Å²) in [4.78, 5) is 28.8. The van der Waals surface area contributed by atoms with E-state index in [-0.39, 0.29) is 29.4 Å². The average molecular weight is 280 g/mol. The van der Waals surface area contributed by atoms with Crippen LogP contribution in [0.1, 0.15) is 28.5 Å². The Morgan fingerprint density at radius 1 is 1.68 bits per heavy atom. The second-order valence-corrected chi connectivity index (χ2v) is 4.20. The minimum absolute atomic E-state index is 0.0682. The van der Waals surface area contributed by atoms with Crippen molar-refractivity contribution < 1.29 is 14.3 Å². The maximum absolute atomic E-state index is 12.1. The number of ether oxygens (including phenoxy) is 1. The van der Waals surface area contributed by atoms with E-state index in [0.717, 1.165) is 4.90 Å². The molecule has 0 bridgehead atoms. The van der Waals surface area contributed by atoms with E-state index in [0.29, 0.717) is 12.1 Å². The number of pyridine rings is 1. The summed E-state index contributed by atoms with van der Waals surface area (Å²) in [6.45, 7) is 2.05. The minimum atomic E-state index is -0.688. The molecule has 98 valence electrons. The molecule has 0 spiro atoms. The Balaban J connectivity index is 2.38. The lowest BCUT2D eigenvalue weighted by Crippen LogP contribution is -2.42. The molecular formula is C12H10ClN3O3. The second kappa shape index (κ2) is 5.24. The van der Waals surface area contributed by atoms with Gasteiger partial charge in [-0.15, -0.1) is 0 Å². The number of imide groups is 1. The molecule has 0 fully saturated rings. The third kappa shape index (κ3) is 2.37. The van der Waals surface area contributed by atoms with E-state index in [2.05, 4.69) is 4.98 Å². The predicted octanol–water partition coefficient (Wildman–Crippen LogP) is 1.76. The quantitative estimate of drug-likeness (QED) is 0.732. The SMILES string of the molecule is CCOC(=O)N1CCc2nc(Cl)c(C#N)cc2C1=O. The van der Waals surface area contributed by atoms with Crippen molar-refractivity contribution in [2.45, 2.75) is 13.3 Å². The standard InChI is InChI=1S/C12H10ClN3O3/c1-2-19-12(18)16-4-3-9-8(11(16)17)5-7(6-14)10(13)15-9/h5H,2-4H2,1H3. The van der Waals surface area contributed by atoms with Crippen LogP contribution < -0.4 is 0 Å². The Hall–Kier alpha value is -2.13. The second-order valence-electron chi connectivity index (χ2n) is 3.84.